The van der Waals surface area contributed by atoms with Crippen molar-refractivity contribution in [2.75, 3.05) is 17.4 Å². The van der Waals surface area contributed by atoms with E-state index >= 15 is 0 Å². The van der Waals surface area contributed by atoms with Crippen molar-refractivity contribution < 1.29 is 22.4 Å². The lowest BCUT2D eigenvalue weighted by Crippen LogP contribution is -2.52. The number of hydrogen-bond donors (Lipinski definition) is 1. The molecule has 2 amide bonds. The number of sulfonamides is 1. The van der Waals surface area contributed by atoms with Crippen LogP contribution in [0, 0.1) is 12.7 Å². The number of amides is 2. The van der Waals surface area contributed by atoms with E-state index in [0.29, 0.717) is 41.2 Å². The van der Waals surface area contributed by atoms with E-state index in [0.717, 1.165) is 4.31 Å². The molecule has 3 aromatic rings. The van der Waals surface area contributed by atoms with Crippen LogP contribution in [0.3, 0.4) is 0 Å². The van der Waals surface area contributed by atoms with Gasteiger partial charge in [0.05, 0.1) is 10.6 Å². The molecule has 1 atom stereocenters. The van der Waals surface area contributed by atoms with E-state index in [1.54, 1.807) is 50.2 Å². The van der Waals surface area contributed by atoms with Gasteiger partial charge in [0.2, 0.25) is 11.8 Å². The van der Waals surface area contributed by atoms with Crippen molar-refractivity contribution in [1.82, 2.24) is 10.2 Å². The number of carbonyl (C=O) groups excluding carboxylic acids is 2. The Kier molecular flexibility index (Phi) is 10.5. The standard InChI is InChI=1S/C29H33ClFN3O4S/c1-4-17-32-29(36)26(5-2)33(19-22-11-14-24(31)15-12-22)28(35)20-34(27-16-13-23(30)18-21(27)3)39(37,38)25-9-7-6-8-10-25/h6-16,18,26H,4-5,17,19-20H2,1-3H3,(H,32,36). The fourth-order valence-corrected chi connectivity index (χ4v) is 5.93. The molecular weight excluding hydrogens is 541 g/mol. The fraction of sp³-hybridized carbons (Fsp3) is 0.310. The number of anilines is 1. The molecule has 3 rings (SSSR count). The van der Waals surface area contributed by atoms with E-state index in [2.05, 4.69) is 5.32 Å². The van der Waals surface area contributed by atoms with Crippen LogP contribution in [0.2, 0.25) is 5.02 Å². The number of benzene rings is 3. The average molecular weight is 574 g/mol. The van der Waals surface area contributed by atoms with Gasteiger partial charge in [0.15, 0.2) is 0 Å². The number of hydrogen-bond acceptors (Lipinski definition) is 4. The second kappa shape index (κ2) is 13.6. The summed E-state index contributed by atoms with van der Waals surface area (Å²) in [6, 6.07) is 17.3. The fourth-order valence-electron chi connectivity index (χ4n) is 4.20. The lowest BCUT2D eigenvalue weighted by Gasteiger charge is -2.33. The topological polar surface area (TPSA) is 86.8 Å². The molecule has 0 saturated carbocycles. The summed E-state index contributed by atoms with van der Waals surface area (Å²) in [6.45, 7) is 5.29. The van der Waals surface area contributed by atoms with E-state index in [1.807, 2.05) is 6.92 Å². The highest BCUT2D eigenvalue weighted by atomic mass is 35.5. The number of rotatable bonds is 12. The molecule has 3 aromatic carbocycles. The summed E-state index contributed by atoms with van der Waals surface area (Å²) in [5.41, 5.74) is 1.46. The van der Waals surface area contributed by atoms with Crippen LogP contribution in [-0.2, 0) is 26.2 Å². The number of nitrogens with zero attached hydrogens (tertiary/aromatic N) is 2. The smallest absolute Gasteiger partial charge is 0.264 e. The molecule has 0 heterocycles. The summed E-state index contributed by atoms with van der Waals surface area (Å²) in [5, 5.41) is 3.26. The summed E-state index contributed by atoms with van der Waals surface area (Å²) in [7, 11) is -4.17. The molecule has 0 aliphatic carbocycles. The zero-order chi connectivity index (χ0) is 28.6. The average Bonchev–Trinajstić information content (AvgIpc) is 2.92. The Bertz CT molecular complexity index is 1390. The first kappa shape index (κ1) is 30.1. The van der Waals surface area contributed by atoms with Crippen LogP contribution in [0.4, 0.5) is 10.1 Å². The van der Waals surface area contributed by atoms with E-state index in [1.165, 1.54) is 41.3 Å². The Hall–Kier alpha value is -3.43. The molecule has 0 saturated heterocycles. The Morgan fingerprint density at radius 2 is 1.67 bits per heavy atom. The molecule has 10 heteroatoms. The molecule has 0 aliphatic heterocycles. The number of halogens is 2. The highest BCUT2D eigenvalue weighted by Gasteiger charge is 2.34. The molecule has 0 aliphatic rings. The molecule has 39 heavy (non-hydrogen) atoms. The van der Waals surface area contributed by atoms with E-state index < -0.39 is 34.3 Å². The summed E-state index contributed by atoms with van der Waals surface area (Å²) in [6.07, 6.45) is 1.01. The van der Waals surface area contributed by atoms with Gasteiger partial charge in [-0.15, -0.1) is 0 Å². The Labute approximate surface area is 234 Å². The Morgan fingerprint density at radius 1 is 1.00 bits per heavy atom. The van der Waals surface area contributed by atoms with Crippen LogP contribution >= 0.6 is 11.6 Å². The van der Waals surface area contributed by atoms with E-state index in [4.69, 9.17) is 11.6 Å². The number of aryl methyl sites for hydroxylation is 1. The number of carbonyl (C=O) groups is 2. The van der Waals surface area contributed by atoms with Gasteiger partial charge in [0.1, 0.15) is 18.4 Å². The van der Waals surface area contributed by atoms with Gasteiger partial charge in [0.25, 0.3) is 10.0 Å². The van der Waals surface area contributed by atoms with Crippen molar-refractivity contribution in [1.29, 1.82) is 0 Å². The maximum Gasteiger partial charge on any atom is 0.264 e. The second-order valence-corrected chi connectivity index (χ2v) is 11.4. The van der Waals surface area contributed by atoms with Crippen LogP contribution in [0.25, 0.3) is 0 Å². The molecule has 1 N–H and O–H groups in total. The van der Waals surface area contributed by atoms with Crippen LogP contribution < -0.4 is 9.62 Å². The molecule has 7 nitrogen and oxygen atoms in total. The second-order valence-electron chi connectivity index (χ2n) is 9.12. The van der Waals surface area contributed by atoms with Crippen LogP contribution in [0.1, 0.15) is 37.8 Å². The molecule has 208 valence electrons. The van der Waals surface area contributed by atoms with Crippen molar-refractivity contribution >= 4 is 39.1 Å². The van der Waals surface area contributed by atoms with Gasteiger partial charge < -0.3 is 10.2 Å². The van der Waals surface area contributed by atoms with Gasteiger partial charge in [-0.25, -0.2) is 12.8 Å². The van der Waals surface area contributed by atoms with Gasteiger partial charge in [-0.05, 0) is 73.4 Å². The van der Waals surface area contributed by atoms with Crippen molar-refractivity contribution in [3.05, 3.63) is 94.8 Å². The number of nitrogens with one attached hydrogen (secondary N) is 1. The van der Waals surface area contributed by atoms with E-state index in [9.17, 15) is 22.4 Å². The van der Waals surface area contributed by atoms with Gasteiger partial charge in [-0.3, -0.25) is 13.9 Å². The zero-order valence-electron chi connectivity index (χ0n) is 22.2. The molecule has 0 spiro atoms. The van der Waals surface area contributed by atoms with Crippen molar-refractivity contribution in [3.8, 4) is 0 Å². The minimum absolute atomic E-state index is 0.00398. The molecule has 1 unspecified atom stereocenters. The maximum absolute atomic E-state index is 14.0. The highest BCUT2D eigenvalue weighted by molar-refractivity contribution is 7.92. The third kappa shape index (κ3) is 7.58. The zero-order valence-corrected chi connectivity index (χ0v) is 23.8. The Balaban J connectivity index is 2.07. The highest BCUT2D eigenvalue weighted by Crippen LogP contribution is 2.29. The minimum Gasteiger partial charge on any atom is -0.354 e. The van der Waals surface area contributed by atoms with Gasteiger partial charge in [-0.1, -0.05) is 55.8 Å². The third-order valence-corrected chi connectivity index (χ3v) is 8.25. The Morgan fingerprint density at radius 3 is 2.26 bits per heavy atom. The van der Waals surface area contributed by atoms with Crippen LogP contribution in [0.15, 0.2) is 77.7 Å². The van der Waals surface area contributed by atoms with Crippen LogP contribution in [0.5, 0.6) is 0 Å². The van der Waals surface area contributed by atoms with E-state index in [-0.39, 0.29) is 17.3 Å². The predicted molar refractivity (Wildman–Crippen MR) is 151 cm³/mol. The first-order valence-electron chi connectivity index (χ1n) is 12.7. The molecule has 0 bridgehead atoms. The summed E-state index contributed by atoms with van der Waals surface area (Å²) in [5.74, 6) is -1.34. The van der Waals surface area contributed by atoms with Crippen LogP contribution in [-0.4, -0.2) is 44.3 Å². The maximum atomic E-state index is 14.0. The monoisotopic (exact) mass is 573 g/mol. The first-order chi connectivity index (χ1) is 18.6. The predicted octanol–water partition coefficient (Wildman–Crippen LogP) is 5.32. The summed E-state index contributed by atoms with van der Waals surface area (Å²) >= 11 is 6.13. The lowest BCUT2D eigenvalue weighted by molar-refractivity contribution is -0.140. The van der Waals surface area contributed by atoms with Crippen molar-refractivity contribution in [2.24, 2.45) is 0 Å². The molecule has 0 radical (unpaired) electrons. The van der Waals surface area contributed by atoms with Gasteiger partial charge in [-0.2, -0.15) is 0 Å². The van der Waals surface area contributed by atoms with Gasteiger partial charge in [0, 0.05) is 18.1 Å². The minimum atomic E-state index is -4.17. The normalized spacial score (nSPS) is 12.0. The summed E-state index contributed by atoms with van der Waals surface area (Å²) in [4.78, 5) is 28.4. The SMILES string of the molecule is CCCNC(=O)C(CC)N(Cc1ccc(F)cc1)C(=O)CN(c1ccc(Cl)cc1C)S(=O)(=O)c1ccccc1. The molecule has 0 aromatic heterocycles. The summed E-state index contributed by atoms with van der Waals surface area (Å²) < 4.78 is 42.3. The largest absolute Gasteiger partial charge is 0.354 e. The third-order valence-electron chi connectivity index (χ3n) is 6.24. The van der Waals surface area contributed by atoms with Crippen molar-refractivity contribution in [3.63, 3.8) is 0 Å². The molecular formula is C29H33ClFN3O4S. The quantitative estimate of drug-likeness (QED) is 0.318. The van der Waals surface area contributed by atoms with Crippen molar-refractivity contribution in [2.45, 2.75) is 51.1 Å². The van der Waals surface area contributed by atoms with Gasteiger partial charge >= 0.3 is 0 Å². The lowest BCUT2D eigenvalue weighted by atomic mass is 10.1. The molecule has 0 fully saturated rings. The first-order valence-corrected chi connectivity index (χ1v) is 14.6.